The molecule has 1 aliphatic rings. The zero-order valence-corrected chi connectivity index (χ0v) is 7.46. The molecule has 1 heteroatoms. The molecule has 0 fully saturated rings. The molecule has 1 aromatic rings. The Morgan fingerprint density at radius 2 is 1.75 bits per heavy atom. The molecule has 64 valence electrons. The van der Waals surface area contributed by atoms with E-state index in [4.69, 9.17) is 5.73 Å². The van der Waals surface area contributed by atoms with E-state index < -0.39 is 0 Å². The molecule has 0 radical (unpaired) electrons. The Kier molecular flexibility index (Phi) is 1.89. The zero-order chi connectivity index (χ0) is 8.55. The Morgan fingerprint density at radius 3 is 2.17 bits per heavy atom. The van der Waals surface area contributed by atoms with Crippen LogP contribution in [0.1, 0.15) is 18.1 Å². The summed E-state index contributed by atoms with van der Waals surface area (Å²) in [5.74, 6) is 0.669. The molecule has 0 aliphatic heterocycles. The van der Waals surface area contributed by atoms with Gasteiger partial charge in [0.05, 0.1) is 0 Å². The minimum Gasteiger partial charge on any atom is -0.328 e. The van der Waals surface area contributed by atoms with Crippen LogP contribution in [0.3, 0.4) is 0 Å². The van der Waals surface area contributed by atoms with Gasteiger partial charge in [-0.2, -0.15) is 0 Å². The zero-order valence-electron chi connectivity index (χ0n) is 7.46. The Labute approximate surface area is 73.6 Å². The second-order valence-electron chi connectivity index (χ2n) is 3.80. The Hall–Kier alpha value is -0.820. The second-order valence-corrected chi connectivity index (χ2v) is 3.80. The Balaban J connectivity index is 2.22. The molecule has 0 saturated carbocycles. The van der Waals surface area contributed by atoms with Gasteiger partial charge < -0.3 is 5.73 Å². The third kappa shape index (κ3) is 1.25. The summed E-state index contributed by atoms with van der Waals surface area (Å²) >= 11 is 0. The van der Waals surface area contributed by atoms with Crippen molar-refractivity contribution in [3.63, 3.8) is 0 Å². The fourth-order valence-electron chi connectivity index (χ4n) is 1.96. The minimum absolute atomic E-state index is 0.331. The van der Waals surface area contributed by atoms with Crippen molar-refractivity contribution < 1.29 is 0 Å². The van der Waals surface area contributed by atoms with E-state index in [1.807, 2.05) is 0 Å². The summed E-state index contributed by atoms with van der Waals surface area (Å²) in [6.45, 7) is 2.11. The maximum atomic E-state index is 5.88. The largest absolute Gasteiger partial charge is 0.328 e. The van der Waals surface area contributed by atoms with E-state index in [1.54, 1.807) is 0 Å². The van der Waals surface area contributed by atoms with Gasteiger partial charge in [-0.25, -0.2) is 0 Å². The number of nitrogens with two attached hydrogens (primary N) is 1. The summed E-state index contributed by atoms with van der Waals surface area (Å²) in [6, 6.07) is 9.00. The van der Waals surface area contributed by atoms with E-state index in [9.17, 15) is 0 Å². The van der Waals surface area contributed by atoms with E-state index in [1.165, 1.54) is 24.0 Å². The van der Waals surface area contributed by atoms with Gasteiger partial charge in [0.15, 0.2) is 0 Å². The number of rotatable bonds is 1. The molecule has 12 heavy (non-hydrogen) atoms. The summed E-state index contributed by atoms with van der Waals surface area (Å²) in [4.78, 5) is 0. The normalized spacial score (nSPS) is 19.2. The van der Waals surface area contributed by atoms with Crippen molar-refractivity contribution in [2.24, 2.45) is 11.7 Å². The van der Waals surface area contributed by atoms with E-state index in [0.29, 0.717) is 12.0 Å². The number of fused-ring (bicyclic) bond motifs is 1. The maximum Gasteiger partial charge on any atom is 0.00451 e. The maximum absolute atomic E-state index is 5.88. The average molecular weight is 161 g/mol. The van der Waals surface area contributed by atoms with Crippen molar-refractivity contribution in [2.45, 2.75) is 25.8 Å². The lowest BCUT2D eigenvalue weighted by atomic mass is 9.99. The summed E-state index contributed by atoms with van der Waals surface area (Å²) in [5, 5.41) is 0. The highest BCUT2D eigenvalue weighted by molar-refractivity contribution is 5.32. The summed E-state index contributed by atoms with van der Waals surface area (Å²) in [5.41, 5.74) is 8.88. The first-order valence-corrected chi connectivity index (χ1v) is 4.59. The van der Waals surface area contributed by atoms with E-state index in [-0.39, 0.29) is 0 Å². The van der Waals surface area contributed by atoms with Crippen LogP contribution in [0.15, 0.2) is 24.3 Å². The number of hydrogen-bond donors (Lipinski definition) is 1. The van der Waals surface area contributed by atoms with Crippen LogP contribution in [0.5, 0.6) is 0 Å². The van der Waals surface area contributed by atoms with Gasteiger partial charge in [-0.15, -0.1) is 0 Å². The highest BCUT2D eigenvalue weighted by Gasteiger charge is 2.23. The smallest absolute Gasteiger partial charge is 0.00451 e. The molecule has 1 aliphatic carbocycles. The third-order valence-corrected chi connectivity index (χ3v) is 2.83. The molecule has 2 rings (SSSR count). The first-order valence-electron chi connectivity index (χ1n) is 4.59. The van der Waals surface area contributed by atoms with Crippen molar-refractivity contribution in [2.75, 3.05) is 0 Å². The Morgan fingerprint density at radius 1 is 1.25 bits per heavy atom. The van der Waals surface area contributed by atoms with Gasteiger partial charge in [-0.1, -0.05) is 24.3 Å². The Bertz CT molecular complexity index is 253. The average Bonchev–Trinajstić information content (AvgIpc) is 2.46. The topological polar surface area (TPSA) is 26.0 Å². The summed E-state index contributed by atoms with van der Waals surface area (Å²) in [6.07, 6.45) is 2.35. The van der Waals surface area contributed by atoms with Crippen molar-refractivity contribution in [3.8, 4) is 0 Å². The molecule has 0 bridgehead atoms. The lowest BCUT2D eigenvalue weighted by Gasteiger charge is -2.12. The predicted octanol–water partition coefficient (Wildman–Crippen LogP) is 1.75. The van der Waals surface area contributed by atoms with E-state index >= 15 is 0 Å². The predicted molar refractivity (Wildman–Crippen MR) is 51.0 cm³/mol. The van der Waals surface area contributed by atoms with Crippen molar-refractivity contribution >= 4 is 0 Å². The SMILES string of the molecule is CC(N)C1Cc2ccccc2C1. The number of hydrogen-bond acceptors (Lipinski definition) is 1. The molecule has 1 aromatic carbocycles. The van der Waals surface area contributed by atoms with Crippen molar-refractivity contribution in [1.29, 1.82) is 0 Å². The third-order valence-electron chi connectivity index (χ3n) is 2.83. The van der Waals surface area contributed by atoms with Gasteiger partial charge in [-0.05, 0) is 36.8 Å². The van der Waals surface area contributed by atoms with Gasteiger partial charge in [-0.3, -0.25) is 0 Å². The van der Waals surface area contributed by atoms with E-state index in [0.717, 1.165) is 0 Å². The first-order chi connectivity index (χ1) is 5.77. The van der Waals surface area contributed by atoms with E-state index in [2.05, 4.69) is 31.2 Å². The van der Waals surface area contributed by atoms with Crippen LogP contribution >= 0.6 is 0 Å². The molecular formula is C11H15N. The lowest BCUT2D eigenvalue weighted by molar-refractivity contribution is 0.467. The molecule has 1 atom stereocenters. The first kappa shape index (κ1) is 7.81. The summed E-state index contributed by atoms with van der Waals surface area (Å²) in [7, 11) is 0. The van der Waals surface area contributed by atoms with Crippen LogP contribution < -0.4 is 5.73 Å². The van der Waals surface area contributed by atoms with Gasteiger partial charge in [0, 0.05) is 6.04 Å². The van der Waals surface area contributed by atoms with Gasteiger partial charge in [0.1, 0.15) is 0 Å². The quantitative estimate of drug-likeness (QED) is 0.667. The van der Waals surface area contributed by atoms with Gasteiger partial charge in [0.2, 0.25) is 0 Å². The van der Waals surface area contributed by atoms with Crippen LogP contribution in [0.4, 0.5) is 0 Å². The lowest BCUT2D eigenvalue weighted by Crippen LogP contribution is -2.26. The van der Waals surface area contributed by atoms with Gasteiger partial charge in [0.25, 0.3) is 0 Å². The number of benzene rings is 1. The van der Waals surface area contributed by atoms with Crippen LogP contribution in [-0.2, 0) is 12.8 Å². The molecule has 1 nitrogen and oxygen atoms in total. The minimum atomic E-state index is 0.331. The van der Waals surface area contributed by atoms with Crippen LogP contribution in [0.2, 0.25) is 0 Å². The van der Waals surface area contributed by atoms with Crippen molar-refractivity contribution in [3.05, 3.63) is 35.4 Å². The molecule has 1 unspecified atom stereocenters. The molecule has 0 spiro atoms. The molecule has 0 heterocycles. The monoisotopic (exact) mass is 161 g/mol. The van der Waals surface area contributed by atoms with Gasteiger partial charge >= 0.3 is 0 Å². The second kappa shape index (κ2) is 2.91. The van der Waals surface area contributed by atoms with Crippen LogP contribution in [0, 0.1) is 5.92 Å². The standard InChI is InChI=1S/C11H15N/c1-8(12)11-6-9-4-2-3-5-10(9)7-11/h2-5,8,11H,6-7,12H2,1H3. The van der Waals surface area contributed by atoms with Crippen LogP contribution in [0.25, 0.3) is 0 Å². The molecule has 0 aromatic heterocycles. The molecule has 0 amide bonds. The highest BCUT2D eigenvalue weighted by atomic mass is 14.6. The fraction of sp³-hybridized carbons (Fsp3) is 0.455. The summed E-state index contributed by atoms with van der Waals surface area (Å²) < 4.78 is 0. The highest BCUT2D eigenvalue weighted by Crippen LogP contribution is 2.27. The van der Waals surface area contributed by atoms with Crippen LogP contribution in [-0.4, -0.2) is 6.04 Å². The molecule has 2 N–H and O–H groups in total. The van der Waals surface area contributed by atoms with Crippen molar-refractivity contribution in [1.82, 2.24) is 0 Å². The molecular weight excluding hydrogens is 146 g/mol. The fourth-order valence-corrected chi connectivity index (χ4v) is 1.96. The molecule has 0 saturated heterocycles.